The molecule has 0 saturated carbocycles. The molecule has 4 atom stereocenters. The van der Waals surface area contributed by atoms with Crippen LogP contribution in [0.25, 0.3) is 10.9 Å². The molecule has 0 radical (unpaired) electrons. The Morgan fingerprint density at radius 3 is 2.11 bits per heavy atom. The molecule has 0 spiro atoms. The number of fused-ring (bicyclic) bond motifs is 1. The van der Waals surface area contributed by atoms with E-state index in [1.807, 2.05) is 24.3 Å². The van der Waals surface area contributed by atoms with Crippen molar-refractivity contribution in [1.29, 1.82) is 0 Å². The zero-order valence-corrected chi connectivity index (χ0v) is 24.6. The topological polar surface area (TPSA) is 281 Å². The highest BCUT2D eigenvalue weighted by Crippen LogP contribution is 2.19. The molecule has 1 aromatic heterocycles. The number of carbonyl (C=O) groups is 4. The number of aliphatic imine (C=N–C) groups is 2. The van der Waals surface area contributed by atoms with Crippen LogP contribution in [0.3, 0.4) is 0 Å². The number of H-pyrrole nitrogens is 1. The van der Waals surface area contributed by atoms with E-state index in [-0.39, 0.29) is 50.2 Å². The number of nitrogens with two attached hydrogens (primary N) is 4. The summed E-state index contributed by atoms with van der Waals surface area (Å²) >= 11 is 0. The van der Waals surface area contributed by atoms with Crippen LogP contribution in [0.4, 0.5) is 0 Å². The fraction of sp³-hybridized carbons (Fsp3) is 0.500. The zero-order chi connectivity index (χ0) is 32.1. The van der Waals surface area contributed by atoms with E-state index in [1.165, 1.54) is 0 Å². The molecule has 2 heterocycles. The van der Waals surface area contributed by atoms with Crippen LogP contribution in [0, 0.1) is 0 Å². The molecule has 16 nitrogen and oxygen atoms in total. The fourth-order valence-electron chi connectivity index (χ4n) is 4.99. The Hall–Kier alpha value is -4.86. The number of nitrogens with one attached hydrogen (secondary N) is 5. The highest BCUT2D eigenvalue weighted by Gasteiger charge is 2.32. The summed E-state index contributed by atoms with van der Waals surface area (Å²) < 4.78 is 0. The van der Waals surface area contributed by atoms with Crippen LogP contribution in [0.5, 0.6) is 0 Å². The summed E-state index contributed by atoms with van der Waals surface area (Å²) in [5, 5.41) is 21.8. The number of aliphatic carboxylic acids is 1. The first-order valence-corrected chi connectivity index (χ1v) is 14.6. The number of nitrogens with zero attached hydrogens (tertiary/aromatic N) is 2. The first kappa shape index (κ1) is 33.6. The van der Waals surface area contributed by atoms with Gasteiger partial charge in [0.2, 0.25) is 17.7 Å². The number of aromatic nitrogens is 1. The van der Waals surface area contributed by atoms with Gasteiger partial charge in [0.15, 0.2) is 11.9 Å². The highest BCUT2D eigenvalue weighted by molar-refractivity contribution is 5.95. The average Bonchev–Trinajstić information content (AvgIpc) is 3.66. The quantitative estimate of drug-likeness (QED) is 0.0537. The van der Waals surface area contributed by atoms with Crippen LogP contribution in [-0.2, 0) is 25.6 Å². The number of aromatic amines is 1. The number of carboxylic acids is 1. The van der Waals surface area contributed by atoms with Gasteiger partial charge < -0.3 is 54.3 Å². The summed E-state index contributed by atoms with van der Waals surface area (Å²) in [6.45, 7) is 1.13. The van der Waals surface area contributed by atoms with Gasteiger partial charge in [-0.2, -0.15) is 0 Å². The molecular weight excluding hydrogens is 570 g/mol. The minimum Gasteiger partial charge on any atom is -0.480 e. The molecule has 0 bridgehead atoms. The third-order valence-electron chi connectivity index (χ3n) is 7.25. The second kappa shape index (κ2) is 16.7. The normalized spacial score (nSPS) is 16.3. The maximum Gasteiger partial charge on any atom is 0.326 e. The van der Waals surface area contributed by atoms with Crippen molar-refractivity contribution in [1.82, 2.24) is 26.3 Å². The molecule has 0 aliphatic carbocycles. The number of guanidine groups is 2. The first-order valence-electron chi connectivity index (χ1n) is 14.6. The summed E-state index contributed by atoms with van der Waals surface area (Å²) in [4.78, 5) is 63.0. The molecule has 1 aromatic carbocycles. The molecule has 14 N–H and O–H groups in total. The molecule has 240 valence electrons. The second-order valence-corrected chi connectivity index (χ2v) is 10.6. The van der Waals surface area contributed by atoms with Crippen LogP contribution in [0.15, 0.2) is 40.4 Å². The standard InChI is InChI=1S/C28H43N11O5/c29-27(30)34-12-4-9-20(37-23(40)19-8-3-11-33-19)24(41)39-22(14-16-15-36-18-7-2-1-6-17(16)18)25(42)38-21(26(43)44)10-5-13-35-28(31)32/h1-2,6-7,15,19-22,33,36H,3-5,8-14H2,(H,37,40)(H,38,42)(H,39,41)(H,43,44)(H4,29,30,34)(H4,31,32,35). The van der Waals surface area contributed by atoms with Gasteiger partial charge in [-0.25, -0.2) is 4.79 Å². The Morgan fingerprint density at radius 2 is 1.50 bits per heavy atom. The fourth-order valence-corrected chi connectivity index (χ4v) is 4.99. The average molecular weight is 614 g/mol. The molecule has 1 fully saturated rings. The van der Waals surface area contributed by atoms with Crippen LogP contribution in [-0.4, -0.2) is 89.5 Å². The number of rotatable bonds is 17. The van der Waals surface area contributed by atoms with Crippen LogP contribution >= 0.6 is 0 Å². The highest BCUT2D eigenvalue weighted by atomic mass is 16.4. The van der Waals surface area contributed by atoms with Gasteiger partial charge >= 0.3 is 5.97 Å². The maximum atomic E-state index is 13.6. The zero-order valence-electron chi connectivity index (χ0n) is 24.6. The van der Waals surface area contributed by atoms with Crippen LogP contribution in [0.2, 0.25) is 0 Å². The van der Waals surface area contributed by atoms with Crippen molar-refractivity contribution in [2.45, 2.75) is 69.1 Å². The lowest BCUT2D eigenvalue weighted by atomic mass is 10.0. The molecule has 1 aliphatic rings. The van der Waals surface area contributed by atoms with Crippen molar-refractivity contribution in [3.8, 4) is 0 Å². The number of carboxylic acid groups (broad SMARTS) is 1. The lowest BCUT2D eigenvalue weighted by molar-refractivity contribution is -0.142. The van der Waals surface area contributed by atoms with E-state index < -0.39 is 42.0 Å². The smallest absolute Gasteiger partial charge is 0.326 e. The molecule has 3 amide bonds. The summed E-state index contributed by atoms with van der Waals surface area (Å²) in [5.74, 6) is -3.07. The minimum absolute atomic E-state index is 0.0563. The van der Waals surface area contributed by atoms with Crippen molar-refractivity contribution in [3.05, 3.63) is 36.0 Å². The number of para-hydroxylation sites is 1. The third-order valence-corrected chi connectivity index (χ3v) is 7.25. The largest absolute Gasteiger partial charge is 0.480 e. The van der Waals surface area contributed by atoms with E-state index >= 15 is 0 Å². The van der Waals surface area contributed by atoms with E-state index in [2.05, 4.69) is 36.2 Å². The first-order chi connectivity index (χ1) is 21.0. The lowest BCUT2D eigenvalue weighted by Gasteiger charge is -2.25. The van der Waals surface area contributed by atoms with Gasteiger partial charge in [-0.05, 0) is 56.7 Å². The Kier molecular flexibility index (Phi) is 12.8. The Bertz CT molecular complexity index is 1340. The Morgan fingerprint density at radius 1 is 0.886 bits per heavy atom. The summed E-state index contributed by atoms with van der Waals surface area (Å²) in [7, 11) is 0. The van der Waals surface area contributed by atoms with E-state index in [1.54, 1.807) is 6.20 Å². The summed E-state index contributed by atoms with van der Waals surface area (Å²) in [6, 6.07) is 3.64. The molecule has 1 aliphatic heterocycles. The van der Waals surface area contributed by atoms with E-state index in [0.717, 1.165) is 22.9 Å². The van der Waals surface area contributed by atoms with E-state index in [0.29, 0.717) is 25.8 Å². The number of amides is 3. The monoisotopic (exact) mass is 613 g/mol. The Labute approximate surface area is 254 Å². The number of carbonyl (C=O) groups excluding carboxylic acids is 3. The van der Waals surface area contributed by atoms with Gasteiger partial charge in [-0.3, -0.25) is 24.4 Å². The molecule has 4 unspecified atom stereocenters. The van der Waals surface area contributed by atoms with Gasteiger partial charge in [-0.15, -0.1) is 0 Å². The van der Waals surface area contributed by atoms with Crippen molar-refractivity contribution in [2.75, 3.05) is 19.6 Å². The predicted molar refractivity (Wildman–Crippen MR) is 166 cm³/mol. The van der Waals surface area contributed by atoms with Crippen LogP contribution in [0.1, 0.15) is 44.1 Å². The lowest BCUT2D eigenvalue weighted by Crippen LogP contribution is -2.57. The van der Waals surface area contributed by atoms with Gasteiger partial charge in [0.05, 0.1) is 6.04 Å². The van der Waals surface area contributed by atoms with Crippen molar-refractivity contribution < 1.29 is 24.3 Å². The van der Waals surface area contributed by atoms with Crippen molar-refractivity contribution >= 4 is 46.5 Å². The van der Waals surface area contributed by atoms with Gasteiger partial charge in [-0.1, -0.05) is 18.2 Å². The van der Waals surface area contributed by atoms with Gasteiger partial charge in [0, 0.05) is 36.6 Å². The number of hydrogen-bond acceptors (Lipinski definition) is 7. The third kappa shape index (κ3) is 10.4. The minimum atomic E-state index is -1.25. The molecule has 2 aromatic rings. The molecular formula is C28H43N11O5. The molecule has 44 heavy (non-hydrogen) atoms. The van der Waals surface area contributed by atoms with Crippen LogP contribution < -0.4 is 44.2 Å². The predicted octanol–water partition coefficient (Wildman–Crippen LogP) is -1.89. The molecule has 16 heteroatoms. The SMILES string of the molecule is NC(N)=NCCCC(NC(=O)C(Cc1c[nH]c2ccccc12)NC(=O)C(CCCN=C(N)N)NC(=O)C1CCCN1)C(=O)O. The molecule has 1 saturated heterocycles. The van der Waals surface area contributed by atoms with Gasteiger partial charge in [0.1, 0.15) is 18.1 Å². The van der Waals surface area contributed by atoms with Gasteiger partial charge in [0.25, 0.3) is 0 Å². The van der Waals surface area contributed by atoms with E-state index in [9.17, 15) is 24.3 Å². The second-order valence-electron chi connectivity index (χ2n) is 10.6. The number of hydrogen-bond donors (Lipinski definition) is 10. The van der Waals surface area contributed by atoms with E-state index in [4.69, 9.17) is 22.9 Å². The molecule has 3 rings (SSSR count). The summed E-state index contributed by atoms with van der Waals surface area (Å²) in [5.41, 5.74) is 23.1. The maximum absolute atomic E-state index is 13.6. The number of benzene rings is 1. The Balaban J connectivity index is 1.81. The van der Waals surface area contributed by atoms with Crippen molar-refractivity contribution in [3.63, 3.8) is 0 Å². The van der Waals surface area contributed by atoms with Crippen molar-refractivity contribution in [2.24, 2.45) is 32.9 Å². The summed E-state index contributed by atoms with van der Waals surface area (Å²) in [6.07, 6.45) is 4.21.